The van der Waals surface area contributed by atoms with E-state index < -0.39 is 15.8 Å². The zero-order chi connectivity index (χ0) is 14.8. The van der Waals surface area contributed by atoms with Crippen LogP contribution in [0.4, 0.5) is 15.8 Å². The Morgan fingerprint density at radius 2 is 1.90 bits per heavy atom. The summed E-state index contributed by atoms with van der Waals surface area (Å²) < 4.78 is 39.3. The SMILES string of the molecule is CCN(c1ccc(F)cc1)S(=O)(=O)c1cnccc1N. The predicted molar refractivity (Wildman–Crippen MR) is 75.3 cm³/mol. The van der Waals surface area contributed by atoms with Gasteiger partial charge in [-0.25, -0.2) is 12.8 Å². The highest BCUT2D eigenvalue weighted by molar-refractivity contribution is 7.93. The summed E-state index contributed by atoms with van der Waals surface area (Å²) in [5.41, 5.74) is 6.19. The molecule has 0 spiro atoms. The molecule has 0 radical (unpaired) electrons. The van der Waals surface area contributed by atoms with Crippen LogP contribution in [0.5, 0.6) is 0 Å². The lowest BCUT2D eigenvalue weighted by atomic mass is 10.3. The van der Waals surface area contributed by atoms with Gasteiger partial charge < -0.3 is 5.73 Å². The fourth-order valence-electron chi connectivity index (χ4n) is 1.82. The van der Waals surface area contributed by atoms with Gasteiger partial charge in [-0.05, 0) is 37.3 Å². The minimum Gasteiger partial charge on any atom is -0.398 e. The molecular weight excluding hydrogens is 281 g/mol. The number of hydrogen-bond acceptors (Lipinski definition) is 4. The van der Waals surface area contributed by atoms with Crippen LogP contribution in [0.15, 0.2) is 47.6 Å². The summed E-state index contributed by atoms with van der Waals surface area (Å²) in [4.78, 5) is 3.73. The van der Waals surface area contributed by atoms with E-state index in [1.165, 1.54) is 42.7 Å². The zero-order valence-electron chi connectivity index (χ0n) is 10.8. The van der Waals surface area contributed by atoms with E-state index in [9.17, 15) is 12.8 Å². The molecule has 0 amide bonds. The lowest BCUT2D eigenvalue weighted by Crippen LogP contribution is -2.31. The molecule has 2 N–H and O–H groups in total. The third-order valence-corrected chi connectivity index (χ3v) is 4.73. The Morgan fingerprint density at radius 1 is 1.25 bits per heavy atom. The Hall–Kier alpha value is -2.15. The second-order valence-corrected chi connectivity index (χ2v) is 5.89. The van der Waals surface area contributed by atoms with E-state index in [-0.39, 0.29) is 17.1 Å². The molecule has 0 unspecified atom stereocenters. The smallest absolute Gasteiger partial charge is 0.267 e. The van der Waals surface area contributed by atoms with Crippen molar-refractivity contribution in [2.24, 2.45) is 0 Å². The maximum absolute atomic E-state index is 12.9. The van der Waals surface area contributed by atoms with Gasteiger partial charge in [0.15, 0.2) is 0 Å². The standard InChI is InChI=1S/C13H14FN3O2S/c1-2-17(11-5-3-10(14)4-6-11)20(18,19)13-9-16-8-7-12(13)15/h3-9H,2H2,1H3,(H2,15,16). The van der Waals surface area contributed by atoms with Gasteiger partial charge in [0, 0.05) is 18.9 Å². The Morgan fingerprint density at radius 3 is 2.45 bits per heavy atom. The number of sulfonamides is 1. The predicted octanol–water partition coefficient (Wildman–Crippen LogP) is 2.02. The number of halogens is 1. The van der Waals surface area contributed by atoms with E-state index >= 15 is 0 Å². The summed E-state index contributed by atoms with van der Waals surface area (Å²) in [5, 5.41) is 0. The normalized spacial score (nSPS) is 11.3. The van der Waals surface area contributed by atoms with Gasteiger partial charge in [-0.1, -0.05) is 0 Å². The molecule has 0 saturated heterocycles. The van der Waals surface area contributed by atoms with E-state index in [1.807, 2.05) is 0 Å². The van der Waals surface area contributed by atoms with Gasteiger partial charge in [0.1, 0.15) is 10.7 Å². The van der Waals surface area contributed by atoms with Crippen molar-refractivity contribution in [1.82, 2.24) is 4.98 Å². The van der Waals surface area contributed by atoms with Gasteiger partial charge >= 0.3 is 0 Å². The Kier molecular flexibility index (Phi) is 3.89. The first-order valence-electron chi connectivity index (χ1n) is 5.94. The van der Waals surface area contributed by atoms with Crippen molar-refractivity contribution in [3.05, 3.63) is 48.5 Å². The molecule has 0 saturated carbocycles. The molecule has 0 aliphatic heterocycles. The molecule has 2 aromatic rings. The highest BCUT2D eigenvalue weighted by Crippen LogP contribution is 2.26. The molecule has 2 rings (SSSR count). The maximum atomic E-state index is 12.9. The van der Waals surface area contributed by atoms with Crippen LogP contribution in [0.1, 0.15) is 6.92 Å². The Bertz CT molecular complexity index is 702. The van der Waals surface area contributed by atoms with E-state index in [1.54, 1.807) is 6.92 Å². The lowest BCUT2D eigenvalue weighted by molar-refractivity contribution is 0.591. The summed E-state index contributed by atoms with van der Waals surface area (Å²) in [6.45, 7) is 1.88. The summed E-state index contributed by atoms with van der Waals surface area (Å²) in [7, 11) is -3.82. The van der Waals surface area contributed by atoms with Gasteiger partial charge in [-0.2, -0.15) is 0 Å². The molecule has 20 heavy (non-hydrogen) atoms. The summed E-state index contributed by atoms with van der Waals surface area (Å²) in [6, 6.07) is 6.65. The highest BCUT2D eigenvalue weighted by Gasteiger charge is 2.25. The second kappa shape index (κ2) is 5.46. The van der Waals surface area contributed by atoms with Crippen LogP contribution in [0, 0.1) is 5.82 Å². The van der Waals surface area contributed by atoms with Gasteiger partial charge in [0.05, 0.1) is 11.4 Å². The molecule has 1 heterocycles. The van der Waals surface area contributed by atoms with Crippen LogP contribution < -0.4 is 10.0 Å². The number of benzene rings is 1. The lowest BCUT2D eigenvalue weighted by Gasteiger charge is -2.23. The van der Waals surface area contributed by atoms with Crippen molar-refractivity contribution in [2.45, 2.75) is 11.8 Å². The van der Waals surface area contributed by atoms with Crippen molar-refractivity contribution in [3.8, 4) is 0 Å². The van der Waals surface area contributed by atoms with Crippen LogP contribution >= 0.6 is 0 Å². The van der Waals surface area contributed by atoms with Gasteiger partial charge in [-0.15, -0.1) is 0 Å². The van der Waals surface area contributed by atoms with E-state index in [0.717, 1.165) is 4.31 Å². The molecule has 0 bridgehead atoms. The van der Waals surface area contributed by atoms with Crippen molar-refractivity contribution in [2.75, 3.05) is 16.6 Å². The Labute approximate surface area is 116 Å². The molecule has 0 aliphatic rings. The number of pyridine rings is 1. The van der Waals surface area contributed by atoms with Crippen LogP contribution in [0.25, 0.3) is 0 Å². The third kappa shape index (κ3) is 2.57. The molecular formula is C13H14FN3O2S. The molecule has 7 heteroatoms. The molecule has 5 nitrogen and oxygen atoms in total. The second-order valence-electron chi connectivity index (χ2n) is 4.06. The third-order valence-electron chi connectivity index (χ3n) is 2.79. The molecule has 1 aromatic carbocycles. The van der Waals surface area contributed by atoms with Gasteiger partial charge in [-0.3, -0.25) is 9.29 Å². The van der Waals surface area contributed by atoms with Crippen LogP contribution in [0.2, 0.25) is 0 Å². The number of nitrogens with two attached hydrogens (primary N) is 1. The number of nitrogens with zero attached hydrogens (tertiary/aromatic N) is 2. The minimum absolute atomic E-state index is 0.0637. The van der Waals surface area contributed by atoms with Crippen LogP contribution in [0.3, 0.4) is 0 Å². The first-order chi connectivity index (χ1) is 9.46. The topological polar surface area (TPSA) is 76.3 Å². The number of rotatable bonds is 4. The summed E-state index contributed by atoms with van der Waals surface area (Å²) in [5.74, 6) is -0.428. The fourth-order valence-corrected chi connectivity index (χ4v) is 3.36. The number of aromatic nitrogens is 1. The number of anilines is 2. The monoisotopic (exact) mass is 295 g/mol. The van der Waals surface area contributed by atoms with E-state index in [0.29, 0.717) is 5.69 Å². The van der Waals surface area contributed by atoms with Gasteiger partial charge in [0.2, 0.25) is 0 Å². The van der Waals surface area contributed by atoms with E-state index in [2.05, 4.69) is 4.98 Å². The molecule has 106 valence electrons. The van der Waals surface area contributed by atoms with Crippen molar-refractivity contribution in [1.29, 1.82) is 0 Å². The summed E-state index contributed by atoms with van der Waals surface area (Å²) in [6.07, 6.45) is 2.62. The first-order valence-corrected chi connectivity index (χ1v) is 7.38. The minimum atomic E-state index is -3.82. The quantitative estimate of drug-likeness (QED) is 0.936. The molecule has 0 aliphatic carbocycles. The highest BCUT2D eigenvalue weighted by atomic mass is 32.2. The van der Waals surface area contributed by atoms with Crippen molar-refractivity contribution >= 4 is 21.4 Å². The molecule has 0 fully saturated rings. The van der Waals surface area contributed by atoms with Crippen molar-refractivity contribution < 1.29 is 12.8 Å². The van der Waals surface area contributed by atoms with E-state index in [4.69, 9.17) is 5.73 Å². The van der Waals surface area contributed by atoms with Crippen LogP contribution in [-0.4, -0.2) is 19.9 Å². The largest absolute Gasteiger partial charge is 0.398 e. The average molecular weight is 295 g/mol. The zero-order valence-corrected chi connectivity index (χ0v) is 11.6. The number of nitrogen functional groups attached to an aromatic ring is 1. The van der Waals surface area contributed by atoms with Crippen LogP contribution in [-0.2, 0) is 10.0 Å². The van der Waals surface area contributed by atoms with Gasteiger partial charge in [0.25, 0.3) is 10.0 Å². The average Bonchev–Trinajstić information content (AvgIpc) is 2.42. The molecule has 1 aromatic heterocycles. The number of hydrogen-bond donors (Lipinski definition) is 1. The maximum Gasteiger partial charge on any atom is 0.267 e. The molecule has 0 atom stereocenters. The summed E-state index contributed by atoms with van der Waals surface area (Å²) >= 11 is 0. The fraction of sp³-hybridized carbons (Fsp3) is 0.154. The van der Waals surface area contributed by atoms with Crippen molar-refractivity contribution in [3.63, 3.8) is 0 Å². The Balaban J connectivity index is 2.51. The first kappa shape index (κ1) is 14.3.